The molecule has 0 spiro atoms. The van der Waals surface area contributed by atoms with Gasteiger partial charge in [-0.3, -0.25) is 4.79 Å². The zero-order valence-electron chi connectivity index (χ0n) is 12.6. The van der Waals surface area contributed by atoms with Crippen molar-refractivity contribution in [3.63, 3.8) is 0 Å². The first kappa shape index (κ1) is 17.5. The topological polar surface area (TPSA) is 87.0 Å². The van der Waals surface area contributed by atoms with Crippen LogP contribution in [0.15, 0.2) is 36.4 Å². The van der Waals surface area contributed by atoms with Gasteiger partial charge in [-0.1, -0.05) is 23.2 Å². The first-order chi connectivity index (χ1) is 12.0. The van der Waals surface area contributed by atoms with Gasteiger partial charge in [-0.15, -0.1) is 21.5 Å². The summed E-state index contributed by atoms with van der Waals surface area (Å²) in [5.41, 5.74) is 0.716. The molecule has 1 aromatic carbocycles. The number of ether oxygens (including phenoxy) is 1. The van der Waals surface area contributed by atoms with Crippen LogP contribution in [0.3, 0.4) is 0 Å². The lowest BCUT2D eigenvalue weighted by Gasteiger charge is -2.02. The molecule has 0 amide bonds. The Labute approximate surface area is 156 Å². The number of Topliss-reactive ketones (excluding diaryl/α,β-unsaturated/α-hetero) is 1. The number of carbonyl (C=O) groups excluding carboxylic acids is 2. The van der Waals surface area contributed by atoms with Crippen LogP contribution in [0.4, 0.5) is 0 Å². The lowest BCUT2D eigenvalue weighted by atomic mass is 10.2. The van der Waals surface area contributed by atoms with Gasteiger partial charge in [0, 0.05) is 10.6 Å². The minimum absolute atomic E-state index is 0.251. The summed E-state index contributed by atoms with van der Waals surface area (Å²) in [6, 6.07) is 10.1. The third-order valence-electron chi connectivity index (χ3n) is 3.04. The molecule has 0 aliphatic rings. The molecular formula is C15H10Cl2N4O3S. The van der Waals surface area contributed by atoms with E-state index >= 15 is 0 Å². The predicted octanol–water partition coefficient (Wildman–Crippen LogP) is 3.13. The molecule has 10 heteroatoms. The molecule has 25 heavy (non-hydrogen) atoms. The molecule has 0 atom stereocenters. The Morgan fingerprint density at radius 2 is 1.88 bits per heavy atom. The molecule has 2 aromatic heterocycles. The summed E-state index contributed by atoms with van der Waals surface area (Å²) < 4.78 is 5.43. The largest absolute Gasteiger partial charge is 0.456 e. The van der Waals surface area contributed by atoms with E-state index in [-0.39, 0.29) is 18.9 Å². The summed E-state index contributed by atoms with van der Waals surface area (Å²) in [4.78, 5) is 25.2. The van der Waals surface area contributed by atoms with E-state index in [1.165, 1.54) is 0 Å². The van der Waals surface area contributed by atoms with Crippen molar-refractivity contribution in [1.82, 2.24) is 20.2 Å². The molecule has 0 N–H and O–H groups in total. The monoisotopic (exact) mass is 396 g/mol. The predicted molar refractivity (Wildman–Crippen MR) is 92.9 cm³/mol. The van der Waals surface area contributed by atoms with E-state index in [2.05, 4.69) is 15.4 Å². The number of thiophene rings is 1. The molecular weight excluding hydrogens is 387 g/mol. The summed E-state index contributed by atoms with van der Waals surface area (Å²) in [5.74, 6) is -0.608. The van der Waals surface area contributed by atoms with Gasteiger partial charge in [0.1, 0.15) is 0 Å². The average molecular weight is 397 g/mol. The van der Waals surface area contributed by atoms with Gasteiger partial charge in [-0.2, -0.15) is 4.80 Å². The molecule has 0 unspecified atom stereocenters. The molecule has 0 bridgehead atoms. The van der Waals surface area contributed by atoms with Crippen LogP contribution in [-0.4, -0.2) is 38.6 Å². The Balaban J connectivity index is 1.55. The van der Waals surface area contributed by atoms with Crippen LogP contribution in [0.25, 0.3) is 11.4 Å². The normalized spacial score (nSPS) is 10.6. The van der Waals surface area contributed by atoms with Gasteiger partial charge in [0.05, 0.1) is 9.21 Å². The highest BCUT2D eigenvalue weighted by Gasteiger charge is 2.14. The van der Waals surface area contributed by atoms with Crippen molar-refractivity contribution in [2.24, 2.45) is 0 Å². The Morgan fingerprint density at radius 1 is 1.12 bits per heavy atom. The Kier molecular flexibility index (Phi) is 5.42. The lowest BCUT2D eigenvalue weighted by Crippen LogP contribution is -2.19. The van der Waals surface area contributed by atoms with Gasteiger partial charge < -0.3 is 4.74 Å². The minimum atomic E-state index is -0.643. The van der Waals surface area contributed by atoms with Crippen LogP contribution < -0.4 is 0 Å². The molecule has 0 radical (unpaired) electrons. The van der Waals surface area contributed by atoms with E-state index in [9.17, 15) is 9.59 Å². The third kappa shape index (κ3) is 4.62. The maximum atomic E-state index is 11.8. The Bertz CT molecular complexity index is 908. The first-order valence-electron chi connectivity index (χ1n) is 6.99. The fourth-order valence-corrected chi connectivity index (χ4v) is 2.96. The van der Waals surface area contributed by atoms with Crippen molar-refractivity contribution < 1.29 is 14.3 Å². The van der Waals surface area contributed by atoms with Gasteiger partial charge in [0.15, 0.2) is 13.2 Å². The zero-order valence-corrected chi connectivity index (χ0v) is 14.9. The SMILES string of the molecule is O=C(Cn1nnc(-c2ccc(Cl)cc2)n1)OCC(=O)c1ccc(Cl)s1. The van der Waals surface area contributed by atoms with Gasteiger partial charge in [-0.25, -0.2) is 4.79 Å². The highest BCUT2D eigenvalue weighted by Crippen LogP contribution is 2.21. The Morgan fingerprint density at radius 3 is 2.56 bits per heavy atom. The van der Waals surface area contributed by atoms with Crippen LogP contribution in [0.5, 0.6) is 0 Å². The quantitative estimate of drug-likeness (QED) is 0.469. The highest BCUT2D eigenvalue weighted by molar-refractivity contribution is 7.18. The summed E-state index contributed by atoms with van der Waals surface area (Å²) in [7, 11) is 0. The van der Waals surface area contributed by atoms with Crippen LogP contribution >= 0.6 is 34.5 Å². The van der Waals surface area contributed by atoms with Gasteiger partial charge in [0.2, 0.25) is 11.6 Å². The Hall–Kier alpha value is -2.29. The van der Waals surface area contributed by atoms with E-state index in [4.69, 9.17) is 27.9 Å². The van der Waals surface area contributed by atoms with Crippen LogP contribution in [0, 0.1) is 0 Å². The van der Waals surface area contributed by atoms with Gasteiger partial charge in [0.25, 0.3) is 0 Å². The molecule has 0 fully saturated rings. The van der Waals surface area contributed by atoms with Crippen LogP contribution in [0.1, 0.15) is 9.67 Å². The number of ketones is 1. The number of hydrogen-bond acceptors (Lipinski definition) is 7. The zero-order chi connectivity index (χ0) is 17.8. The van der Waals surface area contributed by atoms with E-state index in [0.29, 0.717) is 25.6 Å². The maximum absolute atomic E-state index is 11.8. The first-order valence-corrected chi connectivity index (χ1v) is 8.56. The van der Waals surface area contributed by atoms with Crippen LogP contribution in [-0.2, 0) is 16.1 Å². The number of benzene rings is 1. The molecule has 128 valence electrons. The second-order valence-electron chi connectivity index (χ2n) is 4.84. The molecule has 2 heterocycles. The summed E-state index contributed by atoms with van der Waals surface area (Å²) >= 11 is 12.7. The standard InChI is InChI=1S/C15H10Cl2N4O3S/c16-10-3-1-9(2-4-10)15-18-20-21(19-15)7-14(23)24-8-11(22)12-5-6-13(17)25-12/h1-6H,7-8H2. The van der Waals surface area contributed by atoms with E-state index < -0.39 is 5.97 Å². The highest BCUT2D eigenvalue weighted by atomic mass is 35.5. The number of aromatic nitrogens is 4. The van der Waals surface area contributed by atoms with E-state index in [1.807, 2.05) is 0 Å². The number of rotatable bonds is 6. The number of nitrogens with zero attached hydrogens (tertiary/aromatic N) is 4. The summed E-state index contributed by atoms with van der Waals surface area (Å²) in [6.45, 7) is -0.618. The molecule has 0 saturated heterocycles. The number of halogens is 2. The molecule has 0 saturated carbocycles. The van der Waals surface area contributed by atoms with Crippen molar-refractivity contribution in [1.29, 1.82) is 0 Å². The van der Waals surface area contributed by atoms with Gasteiger partial charge in [-0.05, 0) is 41.6 Å². The molecule has 3 rings (SSSR count). The minimum Gasteiger partial charge on any atom is -0.456 e. The smallest absolute Gasteiger partial charge is 0.330 e. The van der Waals surface area contributed by atoms with Crippen molar-refractivity contribution in [2.45, 2.75) is 6.54 Å². The second-order valence-corrected chi connectivity index (χ2v) is 6.99. The number of esters is 1. The van der Waals surface area contributed by atoms with Crippen molar-refractivity contribution in [3.8, 4) is 11.4 Å². The fourth-order valence-electron chi connectivity index (χ4n) is 1.87. The summed E-state index contributed by atoms with van der Waals surface area (Å²) in [5, 5.41) is 12.3. The number of hydrogen-bond donors (Lipinski definition) is 0. The third-order valence-corrected chi connectivity index (χ3v) is 4.56. The van der Waals surface area contributed by atoms with Crippen molar-refractivity contribution in [3.05, 3.63) is 50.6 Å². The lowest BCUT2D eigenvalue weighted by molar-refractivity contribution is -0.143. The number of carbonyl (C=O) groups is 2. The summed E-state index contributed by atoms with van der Waals surface area (Å²) in [6.07, 6.45) is 0. The molecule has 3 aromatic rings. The van der Waals surface area contributed by atoms with Crippen molar-refractivity contribution in [2.75, 3.05) is 6.61 Å². The fraction of sp³-hybridized carbons (Fsp3) is 0.133. The molecule has 0 aliphatic carbocycles. The molecule has 0 aliphatic heterocycles. The average Bonchev–Trinajstić information content (AvgIpc) is 3.22. The van der Waals surface area contributed by atoms with Gasteiger partial charge >= 0.3 is 5.97 Å². The van der Waals surface area contributed by atoms with E-state index in [1.54, 1.807) is 36.4 Å². The van der Waals surface area contributed by atoms with Crippen LogP contribution in [0.2, 0.25) is 9.36 Å². The number of tetrazole rings is 1. The van der Waals surface area contributed by atoms with E-state index in [0.717, 1.165) is 16.1 Å². The molecule has 7 nitrogen and oxygen atoms in total. The van der Waals surface area contributed by atoms with Crippen molar-refractivity contribution >= 4 is 46.3 Å². The second kappa shape index (κ2) is 7.73. The maximum Gasteiger partial charge on any atom is 0.330 e.